The normalized spacial score (nSPS) is 11.2. The van der Waals surface area contributed by atoms with Crippen molar-refractivity contribution in [3.05, 3.63) is 61.6 Å². The van der Waals surface area contributed by atoms with Crippen molar-refractivity contribution in [1.29, 1.82) is 0 Å². The molecule has 0 aliphatic carbocycles. The molecule has 4 N–H and O–H groups in total. The monoisotopic (exact) mass is 459 g/mol. The average molecular weight is 460 g/mol. The van der Waals surface area contributed by atoms with Crippen molar-refractivity contribution in [2.24, 2.45) is 10.9 Å². The number of carbonyl (C=O) groups excluding carboxylic acids is 1. The summed E-state index contributed by atoms with van der Waals surface area (Å²) in [6.07, 6.45) is 0. The van der Waals surface area contributed by atoms with E-state index in [2.05, 4.69) is 49.0 Å². The number of hydrogen-bond acceptors (Lipinski definition) is 3. The van der Waals surface area contributed by atoms with E-state index >= 15 is 0 Å². The first-order valence-corrected chi connectivity index (χ1v) is 7.73. The molecule has 5 nitrogen and oxygen atoms in total. The topological polar surface area (TPSA) is 87.7 Å². The van der Waals surface area contributed by atoms with Crippen LogP contribution in [0.4, 0.5) is 5.69 Å². The van der Waals surface area contributed by atoms with Crippen molar-refractivity contribution < 1.29 is 10.0 Å². The van der Waals surface area contributed by atoms with E-state index < -0.39 is 0 Å². The number of hydrogen-bond donors (Lipinski definition) is 3. The number of nitrogens with zero attached hydrogens (tertiary/aromatic N) is 1. The second kappa shape index (κ2) is 6.90. The molecule has 0 heterocycles. The van der Waals surface area contributed by atoms with E-state index in [4.69, 9.17) is 10.9 Å². The molecular formula is C14H11BrIN3O2. The number of nitrogens with two attached hydrogens (primary N) is 1. The van der Waals surface area contributed by atoms with E-state index in [1.165, 1.54) is 0 Å². The zero-order valence-electron chi connectivity index (χ0n) is 10.7. The number of nitrogens with one attached hydrogen (secondary N) is 1. The number of rotatable bonds is 3. The summed E-state index contributed by atoms with van der Waals surface area (Å²) in [5.41, 5.74) is 7.16. The fourth-order valence-corrected chi connectivity index (χ4v) is 2.60. The quantitative estimate of drug-likeness (QED) is 0.216. The molecule has 0 aliphatic rings. The van der Waals surface area contributed by atoms with Crippen molar-refractivity contribution >= 4 is 56.0 Å². The van der Waals surface area contributed by atoms with Gasteiger partial charge in [0.25, 0.3) is 5.91 Å². The minimum Gasteiger partial charge on any atom is -0.409 e. The maximum absolute atomic E-state index is 12.3. The van der Waals surface area contributed by atoms with E-state index in [9.17, 15) is 4.79 Å². The first-order chi connectivity index (χ1) is 10.0. The molecule has 0 aliphatic heterocycles. The van der Waals surface area contributed by atoms with Crippen LogP contribution in [0, 0.1) is 3.57 Å². The SMILES string of the molecule is N/C(=N/O)c1cccc(NC(=O)c2cc(I)ccc2Br)c1. The molecule has 1 amide bonds. The van der Waals surface area contributed by atoms with Crippen LogP contribution >= 0.6 is 38.5 Å². The van der Waals surface area contributed by atoms with Crippen LogP contribution in [0.15, 0.2) is 52.1 Å². The maximum Gasteiger partial charge on any atom is 0.256 e. The lowest BCUT2D eigenvalue weighted by Crippen LogP contribution is -2.15. The summed E-state index contributed by atoms with van der Waals surface area (Å²) in [5, 5.41) is 14.4. The van der Waals surface area contributed by atoms with Gasteiger partial charge < -0.3 is 16.3 Å². The van der Waals surface area contributed by atoms with Gasteiger partial charge in [-0.05, 0) is 68.9 Å². The van der Waals surface area contributed by atoms with Gasteiger partial charge in [0.15, 0.2) is 5.84 Å². The van der Waals surface area contributed by atoms with E-state index in [0.717, 1.165) is 3.57 Å². The molecule has 2 aromatic rings. The summed E-state index contributed by atoms with van der Waals surface area (Å²) in [6.45, 7) is 0. The zero-order valence-corrected chi connectivity index (χ0v) is 14.4. The minimum absolute atomic E-state index is 0.0125. The second-order valence-corrected chi connectivity index (χ2v) is 6.24. The number of amides is 1. The zero-order chi connectivity index (χ0) is 15.4. The lowest BCUT2D eigenvalue weighted by Gasteiger charge is -2.08. The molecule has 7 heteroatoms. The van der Waals surface area contributed by atoms with Gasteiger partial charge in [-0.15, -0.1) is 0 Å². The molecule has 0 spiro atoms. The van der Waals surface area contributed by atoms with Gasteiger partial charge in [0, 0.05) is 19.3 Å². The number of halogens is 2. The van der Waals surface area contributed by atoms with Gasteiger partial charge in [0.2, 0.25) is 0 Å². The Hall–Kier alpha value is -1.61. The number of anilines is 1. The first-order valence-electron chi connectivity index (χ1n) is 5.85. The third-order valence-corrected chi connectivity index (χ3v) is 4.06. The Labute approximate surface area is 143 Å². The Morgan fingerprint density at radius 2 is 2.05 bits per heavy atom. The van der Waals surface area contributed by atoms with Crippen LogP contribution < -0.4 is 11.1 Å². The smallest absolute Gasteiger partial charge is 0.256 e. The van der Waals surface area contributed by atoms with E-state index in [-0.39, 0.29) is 11.7 Å². The third-order valence-electron chi connectivity index (χ3n) is 2.70. The fourth-order valence-electron chi connectivity index (χ4n) is 1.68. The molecule has 0 atom stereocenters. The van der Waals surface area contributed by atoms with Crippen molar-refractivity contribution in [3.63, 3.8) is 0 Å². The van der Waals surface area contributed by atoms with Gasteiger partial charge in [-0.25, -0.2) is 0 Å². The van der Waals surface area contributed by atoms with Crippen LogP contribution in [-0.2, 0) is 0 Å². The number of amidine groups is 1. The number of oxime groups is 1. The van der Waals surface area contributed by atoms with Gasteiger partial charge in [-0.1, -0.05) is 17.3 Å². The van der Waals surface area contributed by atoms with Gasteiger partial charge in [0.1, 0.15) is 0 Å². The summed E-state index contributed by atoms with van der Waals surface area (Å²) in [5.74, 6) is -0.251. The van der Waals surface area contributed by atoms with Crippen LogP contribution in [0.2, 0.25) is 0 Å². The molecule has 0 aromatic heterocycles. The summed E-state index contributed by atoms with van der Waals surface area (Å²) >= 11 is 5.50. The molecule has 2 aromatic carbocycles. The molecule has 108 valence electrons. The van der Waals surface area contributed by atoms with E-state index in [0.29, 0.717) is 21.3 Å². The van der Waals surface area contributed by atoms with Crippen LogP contribution in [0.3, 0.4) is 0 Å². The van der Waals surface area contributed by atoms with Crippen molar-refractivity contribution in [1.82, 2.24) is 0 Å². The summed E-state index contributed by atoms with van der Waals surface area (Å²) < 4.78 is 1.68. The standard InChI is InChI=1S/C14H11BrIN3O2/c15-12-5-4-9(16)7-11(12)14(20)18-10-3-1-2-8(6-10)13(17)19-21/h1-7,21H,(H2,17,19)(H,18,20). The predicted molar refractivity (Wildman–Crippen MR) is 93.8 cm³/mol. The molecule has 2 rings (SSSR count). The molecule has 0 bridgehead atoms. The Morgan fingerprint density at radius 3 is 2.76 bits per heavy atom. The van der Waals surface area contributed by atoms with E-state index in [1.54, 1.807) is 30.3 Å². The molecule has 0 saturated carbocycles. The number of benzene rings is 2. The van der Waals surface area contributed by atoms with Crippen LogP contribution in [0.5, 0.6) is 0 Å². The highest BCUT2D eigenvalue weighted by Crippen LogP contribution is 2.21. The Morgan fingerprint density at radius 1 is 1.29 bits per heavy atom. The largest absolute Gasteiger partial charge is 0.409 e. The molecule has 0 radical (unpaired) electrons. The Bertz CT molecular complexity index is 719. The van der Waals surface area contributed by atoms with Gasteiger partial charge >= 0.3 is 0 Å². The van der Waals surface area contributed by atoms with Crippen molar-refractivity contribution in [3.8, 4) is 0 Å². The minimum atomic E-state index is -0.239. The maximum atomic E-state index is 12.3. The Balaban J connectivity index is 2.26. The van der Waals surface area contributed by atoms with Gasteiger partial charge in [0.05, 0.1) is 5.56 Å². The predicted octanol–water partition coefficient (Wildman–Crippen LogP) is 3.40. The fraction of sp³-hybridized carbons (Fsp3) is 0. The highest BCUT2D eigenvalue weighted by molar-refractivity contribution is 14.1. The van der Waals surface area contributed by atoms with Crippen molar-refractivity contribution in [2.45, 2.75) is 0 Å². The van der Waals surface area contributed by atoms with Crippen LogP contribution in [0.25, 0.3) is 0 Å². The molecule has 0 unspecified atom stereocenters. The summed E-state index contributed by atoms with van der Waals surface area (Å²) in [7, 11) is 0. The van der Waals surface area contributed by atoms with Crippen LogP contribution in [-0.4, -0.2) is 17.0 Å². The third kappa shape index (κ3) is 3.94. The Kier molecular flexibility index (Phi) is 5.18. The highest BCUT2D eigenvalue weighted by atomic mass is 127. The average Bonchev–Trinajstić information content (AvgIpc) is 2.49. The lowest BCUT2D eigenvalue weighted by atomic mass is 10.1. The van der Waals surface area contributed by atoms with Gasteiger partial charge in [-0.3, -0.25) is 4.79 Å². The molecule has 0 fully saturated rings. The second-order valence-electron chi connectivity index (χ2n) is 4.14. The lowest BCUT2D eigenvalue weighted by molar-refractivity contribution is 0.102. The van der Waals surface area contributed by atoms with Gasteiger partial charge in [-0.2, -0.15) is 0 Å². The molecular weight excluding hydrogens is 449 g/mol. The van der Waals surface area contributed by atoms with Crippen molar-refractivity contribution in [2.75, 3.05) is 5.32 Å². The molecule has 0 saturated heterocycles. The molecule has 21 heavy (non-hydrogen) atoms. The highest BCUT2D eigenvalue weighted by Gasteiger charge is 2.11. The van der Waals surface area contributed by atoms with Crippen LogP contribution in [0.1, 0.15) is 15.9 Å². The number of carbonyl (C=O) groups is 1. The van der Waals surface area contributed by atoms with E-state index in [1.807, 2.05) is 12.1 Å². The summed E-state index contributed by atoms with van der Waals surface area (Å²) in [6, 6.07) is 12.3. The summed E-state index contributed by atoms with van der Waals surface area (Å²) in [4.78, 5) is 12.3. The first kappa shape index (κ1) is 15.8.